The van der Waals surface area contributed by atoms with E-state index in [2.05, 4.69) is 34.5 Å². The molecule has 2 saturated heterocycles. The number of carboxylic acid groups (broad SMARTS) is 1. The SMILES string of the molecule is O=C(O)CCC(NC(=O)OCC1c2ccccc2-c2ccccc21)C(=O)N1C[C@H]2CN(Cc3ccccc3)C[C@H]2C1. The fourth-order valence-electron chi connectivity index (χ4n) is 6.77. The molecule has 8 nitrogen and oxygen atoms in total. The van der Waals surface area contributed by atoms with Crippen molar-refractivity contribution in [3.8, 4) is 11.1 Å². The zero-order chi connectivity index (χ0) is 28.3. The minimum absolute atomic E-state index is 0.0182. The molecule has 2 amide bonds. The number of carboxylic acids is 1. The van der Waals surface area contributed by atoms with Crippen LogP contribution in [0.2, 0.25) is 0 Å². The van der Waals surface area contributed by atoms with Crippen LogP contribution in [0.1, 0.15) is 35.4 Å². The standard InChI is InChI=1S/C33H35N3O5/c37-31(38)15-14-30(32(39)36-19-23-17-35(18-24(23)20-36)16-22-8-2-1-3-9-22)34-33(40)41-21-29-27-12-6-4-10-25(27)26-11-5-7-13-28(26)29/h1-13,23-24,29-30H,14-21H2,(H,34,40)(H,37,38)/t23-,24+,30?. The molecule has 1 unspecified atom stereocenters. The lowest BCUT2D eigenvalue weighted by Gasteiger charge is -2.26. The molecule has 2 N–H and O–H groups in total. The highest BCUT2D eigenvalue weighted by molar-refractivity contribution is 5.86. The minimum atomic E-state index is -1.01. The number of likely N-dealkylation sites (tertiary alicyclic amines) is 2. The van der Waals surface area contributed by atoms with E-state index in [0.717, 1.165) is 41.9 Å². The number of amides is 2. The molecule has 3 atom stereocenters. The number of aliphatic carboxylic acids is 1. The van der Waals surface area contributed by atoms with Gasteiger partial charge in [-0.25, -0.2) is 4.79 Å². The molecule has 0 aromatic heterocycles. The molecular weight excluding hydrogens is 518 g/mol. The van der Waals surface area contributed by atoms with Crippen LogP contribution in [0.25, 0.3) is 11.1 Å². The summed E-state index contributed by atoms with van der Waals surface area (Å²) in [4.78, 5) is 42.1. The van der Waals surface area contributed by atoms with E-state index in [0.29, 0.717) is 24.9 Å². The topological polar surface area (TPSA) is 99.2 Å². The number of nitrogens with zero attached hydrogens (tertiary/aromatic N) is 2. The highest BCUT2D eigenvalue weighted by atomic mass is 16.5. The Labute approximate surface area is 239 Å². The smallest absolute Gasteiger partial charge is 0.407 e. The third-order valence-corrected chi connectivity index (χ3v) is 8.70. The van der Waals surface area contributed by atoms with Gasteiger partial charge in [-0.1, -0.05) is 78.9 Å². The Kier molecular flexibility index (Phi) is 7.74. The van der Waals surface area contributed by atoms with E-state index in [4.69, 9.17) is 4.74 Å². The van der Waals surface area contributed by atoms with Gasteiger partial charge in [0.25, 0.3) is 0 Å². The molecule has 212 valence electrons. The van der Waals surface area contributed by atoms with Gasteiger partial charge in [-0.2, -0.15) is 0 Å². The second-order valence-electron chi connectivity index (χ2n) is 11.4. The number of hydrogen-bond acceptors (Lipinski definition) is 5. The van der Waals surface area contributed by atoms with Crippen LogP contribution < -0.4 is 5.32 Å². The largest absolute Gasteiger partial charge is 0.481 e. The molecule has 0 spiro atoms. The lowest BCUT2D eigenvalue weighted by molar-refractivity contribution is -0.138. The lowest BCUT2D eigenvalue weighted by atomic mass is 9.98. The maximum absolute atomic E-state index is 13.5. The maximum Gasteiger partial charge on any atom is 0.407 e. The first-order valence-electron chi connectivity index (χ1n) is 14.3. The lowest BCUT2D eigenvalue weighted by Crippen LogP contribution is -2.49. The Balaban J connectivity index is 1.06. The third-order valence-electron chi connectivity index (χ3n) is 8.70. The summed E-state index contributed by atoms with van der Waals surface area (Å²) >= 11 is 0. The molecule has 0 bridgehead atoms. The highest BCUT2D eigenvalue weighted by Crippen LogP contribution is 2.44. The van der Waals surface area contributed by atoms with E-state index >= 15 is 0 Å². The number of alkyl carbamates (subject to hydrolysis) is 1. The van der Waals surface area contributed by atoms with Crippen molar-refractivity contribution in [1.29, 1.82) is 0 Å². The van der Waals surface area contributed by atoms with Crippen LogP contribution in [0.15, 0.2) is 78.9 Å². The fraction of sp³-hybridized carbons (Fsp3) is 0.364. The first-order chi connectivity index (χ1) is 20.0. The number of fused-ring (bicyclic) bond motifs is 4. The van der Waals surface area contributed by atoms with Gasteiger partial charge < -0.3 is 20.1 Å². The first kappa shape index (κ1) is 27.0. The summed E-state index contributed by atoms with van der Waals surface area (Å²) in [6.07, 6.45) is -0.903. The van der Waals surface area contributed by atoms with Crippen LogP contribution in [0, 0.1) is 11.8 Å². The Morgan fingerprint density at radius 2 is 1.41 bits per heavy atom. The van der Waals surface area contributed by atoms with Crippen molar-refractivity contribution in [3.63, 3.8) is 0 Å². The Morgan fingerprint density at radius 3 is 2.02 bits per heavy atom. The van der Waals surface area contributed by atoms with Crippen molar-refractivity contribution in [2.45, 2.75) is 31.3 Å². The predicted octanol–water partition coefficient (Wildman–Crippen LogP) is 4.35. The molecule has 2 aliphatic heterocycles. The maximum atomic E-state index is 13.5. The van der Waals surface area contributed by atoms with Gasteiger partial charge in [-0.3, -0.25) is 14.5 Å². The molecule has 3 aromatic rings. The van der Waals surface area contributed by atoms with Crippen molar-refractivity contribution in [1.82, 2.24) is 15.1 Å². The molecule has 8 heteroatoms. The Bertz CT molecular complexity index is 1370. The van der Waals surface area contributed by atoms with Crippen molar-refractivity contribution < 1.29 is 24.2 Å². The zero-order valence-corrected chi connectivity index (χ0v) is 22.9. The van der Waals surface area contributed by atoms with E-state index in [1.807, 2.05) is 54.6 Å². The molecule has 3 aliphatic rings. The van der Waals surface area contributed by atoms with Gasteiger partial charge in [-0.05, 0) is 46.1 Å². The Morgan fingerprint density at radius 1 is 0.829 bits per heavy atom. The molecule has 2 fully saturated rings. The number of rotatable bonds is 9. The average molecular weight is 554 g/mol. The minimum Gasteiger partial charge on any atom is -0.481 e. The summed E-state index contributed by atoms with van der Waals surface area (Å²) in [6.45, 7) is 4.10. The van der Waals surface area contributed by atoms with Gasteiger partial charge in [0.1, 0.15) is 12.6 Å². The number of benzene rings is 3. The highest BCUT2D eigenvalue weighted by Gasteiger charge is 2.43. The number of hydrogen-bond donors (Lipinski definition) is 2. The predicted molar refractivity (Wildman–Crippen MR) is 154 cm³/mol. The molecule has 1 aliphatic carbocycles. The van der Waals surface area contributed by atoms with E-state index in [1.165, 1.54) is 5.56 Å². The van der Waals surface area contributed by atoms with Crippen LogP contribution in [0.3, 0.4) is 0 Å². The van der Waals surface area contributed by atoms with Crippen LogP contribution in [0.4, 0.5) is 4.79 Å². The van der Waals surface area contributed by atoms with Gasteiger partial charge >= 0.3 is 12.1 Å². The van der Waals surface area contributed by atoms with Crippen LogP contribution in [-0.2, 0) is 20.9 Å². The summed E-state index contributed by atoms with van der Waals surface area (Å²) in [7, 11) is 0. The van der Waals surface area contributed by atoms with E-state index in [1.54, 1.807) is 4.90 Å². The molecule has 0 radical (unpaired) electrons. The normalized spacial score (nSPS) is 20.2. The van der Waals surface area contributed by atoms with Crippen LogP contribution >= 0.6 is 0 Å². The molecule has 41 heavy (non-hydrogen) atoms. The first-order valence-corrected chi connectivity index (χ1v) is 14.3. The number of carbonyl (C=O) groups excluding carboxylic acids is 2. The Hall–Kier alpha value is -4.17. The molecule has 2 heterocycles. The van der Waals surface area contributed by atoms with Crippen LogP contribution in [-0.4, -0.2) is 71.7 Å². The monoisotopic (exact) mass is 553 g/mol. The number of ether oxygens (including phenoxy) is 1. The second-order valence-corrected chi connectivity index (χ2v) is 11.4. The van der Waals surface area contributed by atoms with Crippen molar-refractivity contribution in [2.24, 2.45) is 11.8 Å². The summed E-state index contributed by atoms with van der Waals surface area (Å²) < 4.78 is 5.66. The fourth-order valence-corrected chi connectivity index (χ4v) is 6.77. The van der Waals surface area contributed by atoms with Crippen molar-refractivity contribution in [3.05, 3.63) is 95.6 Å². The molecular formula is C33H35N3O5. The zero-order valence-electron chi connectivity index (χ0n) is 22.9. The summed E-state index contributed by atoms with van der Waals surface area (Å²) in [6, 6.07) is 25.6. The quantitative estimate of drug-likeness (QED) is 0.409. The molecule has 3 aromatic carbocycles. The van der Waals surface area contributed by atoms with Gasteiger partial charge in [0.05, 0.1) is 0 Å². The number of nitrogens with one attached hydrogen (secondary N) is 1. The van der Waals surface area contributed by atoms with Gasteiger partial charge in [0.15, 0.2) is 0 Å². The molecule has 6 rings (SSSR count). The van der Waals surface area contributed by atoms with E-state index < -0.39 is 18.1 Å². The van der Waals surface area contributed by atoms with E-state index in [-0.39, 0.29) is 31.3 Å². The van der Waals surface area contributed by atoms with Crippen LogP contribution in [0.5, 0.6) is 0 Å². The summed E-state index contributed by atoms with van der Waals surface area (Å²) in [5, 5.41) is 12.0. The second kappa shape index (κ2) is 11.7. The number of carbonyl (C=O) groups is 3. The van der Waals surface area contributed by atoms with Gasteiger partial charge in [0, 0.05) is 45.1 Å². The van der Waals surface area contributed by atoms with Crippen molar-refractivity contribution in [2.75, 3.05) is 32.8 Å². The summed E-state index contributed by atoms with van der Waals surface area (Å²) in [5.74, 6) is -0.594. The van der Waals surface area contributed by atoms with Gasteiger partial charge in [-0.15, -0.1) is 0 Å². The van der Waals surface area contributed by atoms with Crippen molar-refractivity contribution >= 4 is 18.0 Å². The average Bonchev–Trinajstić information content (AvgIpc) is 3.64. The van der Waals surface area contributed by atoms with Gasteiger partial charge in [0.2, 0.25) is 5.91 Å². The van der Waals surface area contributed by atoms with E-state index in [9.17, 15) is 19.5 Å². The molecule has 0 saturated carbocycles. The third kappa shape index (κ3) is 5.84. The summed E-state index contributed by atoms with van der Waals surface area (Å²) in [5.41, 5.74) is 5.75.